The highest BCUT2D eigenvalue weighted by molar-refractivity contribution is 4.94. The molecule has 2 saturated carbocycles. The standard InChI is InChI=1S/C15H27NO2/c1-14(2)7-3-4-13(14)16-12-5-8-15(9-6-12)17-10-11-18-15/h12-13,16H,3-11H2,1-2H3. The van der Waals surface area contributed by atoms with Gasteiger partial charge in [-0.25, -0.2) is 0 Å². The van der Waals surface area contributed by atoms with E-state index in [0.29, 0.717) is 17.5 Å². The van der Waals surface area contributed by atoms with Crippen LogP contribution in [0.4, 0.5) is 0 Å². The zero-order valence-electron chi connectivity index (χ0n) is 11.8. The van der Waals surface area contributed by atoms with Crippen LogP contribution < -0.4 is 5.32 Å². The molecule has 104 valence electrons. The topological polar surface area (TPSA) is 30.5 Å². The first-order valence-electron chi connectivity index (χ1n) is 7.64. The summed E-state index contributed by atoms with van der Waals surface area (Å²) in [7, 11) is 0. The van der Waals surface area contributed by atoms with E-state index < -0.39 is 0 Å². The molecule has 0 radical (unpaired) electrons. The van der Waals surface area contributed by atoms with Crippen molar-refractivity contribution in [2.45, 2.75) is 76.7 Å². The van der Waals surface area contributed by atoms with Crippen molar-refractivity contribution in [3.63, 3.8) is 0 Å². The molecule has 0 aromatic heterocycles. The van der Waals surface area contributed by atoms with Gasteiger partial charge in [-0.05, 0) is 31.1 Å². The average Bonchev–Trinajstić information content (AvgIpc) is 2.91. The second kappa shape index (κ2) is 4.77. The van der Waals surface area contributed by atoms with Gasteiger partial charge in [-0.3, -0.25) is 0 Å². The van der Waals surface area contributed by atoms with Crippen LogP contribution >= 0.6 is 0 Å². The number of rotatable bonds is 2. The first kappa shape index (κ1) is 12.9. The normalized spacial score (nSPS) is 35.3. The van der Waals surface area contributed by atoms with Gasteiger partial charge in [0, 0.05) is 24.9 Å². The third kappa shape index (κ3) is 2.45. The average molecular weight is 253 g/mol. The smallest absolute Gasteiger partial charge is 0.168 e. The Labute approximate surface area is 111 Å². The molecule has 1 heterocycles. The molecule has 0 aromatic rings. The number of ether oxygens (including phenoxy) is 2. The van der Waals surface area contributed by atoms with Gasteiger partial charge in [0.15, 0.2) is 5.79 Å². The zero-order chi connectivity index (χ0) is 12.6. The molecule has 3 fully saturated rings. The molecule has 1 aliphatic heterocycles. The van der Waals surface area contributed by atoms with E-state index in [0.717, 1.165) is 26.1 Å². The highest BCUT2D eigenvalue weighted by Crippen LogP contribution is 2.40. The van der Waals surface area contributed by atoms with Gasteiger partial charge in [0.2, 0.25) is 0 Å². The lowest BCUT2D eigenvalue weighted by atomic mass is 9.84. The Kier molecular flexibility index (Phi) is 3.41. The maximum Gasteiger partial charge on any atom is 0.168 e. The summed E-state index contributed by atoms with van der Waals surface area (Å²) in [5.74, 6) is -0.205. The first-order chi connectivity index (χ1) is 8.60. The Morgan fingerprint density at radius 2 is 1.61 bits per heavy atom. The Bertz CT molecular complexity index is 287. The summed E-state index contributed by atoms with van der Waals surface area (Å²) in [5.41, 5.74) is 0.482. The van der Waals surface area contributed by atoms with E-state index in [-0.39, 0.29) is 5.79 Å². The molecular weight excluding hydrogens is 226 g/mol. The molecule has 0 bridgehead atoms. The molecule has 2 aliphatic carbocycles. The quantitative estimate of drug-likeness (QED) is 0.821. The van der Waals surface area contributed by atoms with Gasteiger partial charge >= 0.3 is 0 Å². The van der Waals surface area contributed by atoms with E-state index in [1.807, 2.05) is 0 Å². The second-order valence-corrected chi connectivity index (χ2v) is 6.98. The Morgan fingerprint density at radius 1 is 0.944 bits per heavy atom. The molecular formula is C15H27NO2. The molecule has 3 heteroatoms. The minimum Gasteiger partial charge on any atom is -0.348 e. The summed E-state index contributed by atoms with van der Waals surface area (Å²) in [6.07, 6.45) is 8.64. The SMILES string of the molecule is CC1(C)CCCC1NC1CCC2(CC1)OCCO2. The van der Waals surface area contributed by atoms with E-state index in [4.69, 9.17) is 9.47 Å². The van der Waals surface area contributed by atoms with Gasteiger partial charge in [-0.2, -0.15) is 0 Å². The van der Waals surface area contributed by atoms with Crippen molar-refractivity contribution in [3.05, 3.63) is 0 Å². The summed E-state index contributed by atoms with van der Waals surface area (Å²) in [6, 6.07) is 1.38. The fraction of sp³-hybridized carbons (Fsp3) is 1.00. The summed E-state index contributed by atoms with van der Waals surface area (Å²) in [5, 5.41) is 3.90. The molecule has 1 N–H and O–H groups in total. The van der Waals surface area contributed by atoms with Crippen molar-refractivity contribution in [1.82, 2.24) is 5.32 Å². The summed E-state index contributed by atoms with van der Waals surface area (Å²) < 4.78 is 11.6. The third-order valence-electron chi connectivity index (χ3n) is 5.26. The third-order valence-corrected chi connectivity index (χ3v) is 5.26. The van der Waals surface area contributed by atoms with E-state index in [1.54, 1.807) is 0 Å². The molecule has 3 aliphatic rings. The molecule has 0 amide bonds. The number of hydrogen-bond acceptors (Lipinski definition) is 3. The van der Waals surface area contributed by atoms with Crippen molar-refractivity contribution < 1.29 is 9.47 Å². The van der Waals surface area contributed by atoms with Crippen LogP contribution in [0.3, 0.4) is 0 Å². The van der Waals surface area contributed by atoms with E-state index in [9.17, 15) is 0 Å². The number of nitrogens with one attached hydrogen (secondary N) is 1. The van der Waals surface area contributed by atoms with Gasteiger partial charge in [0.1, 0.15) is 0 Å². The Hall–Kier alpha value is -0.120. The zero-order valence-corrected chi connectivity index (χ0v) is 11.8. The van der Waals surface area contributed by atoms with Gasteiger partial charge in [-0.15, -0.1) is 0 Å². The highest BCUT2D eigenvalue weighted by Gasteiger charge is 2.42. The van der Waals surface area contributed by atoms with Gasteiger partial charge < -0.3 is 14.8 Å². The van der Waals surface area contributed by atoms with Gasteiger partial charge in [-0.1, -0.05) is 20.3 Å². The first-order valence-corrected chi connectivity index (χ1v) is 7.64. The maximum atomic E-state index is 5.79. The van der Waals surface area contributed by atoms with Crippen molar-refractivity contribution in [2.24, 2.45) is 5.41 Å². The molecule has 0 aromatic carbocycles. The monoisotopic (exact) mass is 253 g/mol. The van der Waals surface area contributed by atoms with Gasteiger partial charge in [0.25, 0.3) is 0 Å². The van der Waals surface area contributed by atoms with Crippen LogP contribution in [0.2, 0.25) is 0 Å². The van der Waals surface area contributed by atoms with Crippen LogP contribution in [0.15, 0.2) is 0 Å². The Morgan fingerprint density at radius 3 is 2.17 bits per heavy atom. The second-order valence-electron chi connectivity index (χ2n) is 6.98. The Balaban J connectivity index is 1.51. The predicted molar refractivity (Wildman–Crippen MR) is 71.4 cm³/mol. The largest absolute Gasteiger partial charge is 0.348 e. The highest BCUT2D eigenvalue weighted by atomic mass is 16.7. The van der Waals surface area contributed by atoms with E-state index in [1.165, 1.54) is 32.1 Å². The fourth-order valence-electron chi connectivity index (χ4n) is 3.93. The number of hydrogen-bond donors (Lipinski definition) is 1. The van der Waals surface area contributed by atoms with Crippen LogP contribution in [0, 0.1) is 5.41 Å². The fourth-order valence-corrected chi connectivity index (χ4v) is 3.93. The lowest BCUT2D eigenvalue weighted by molar-refractivity contribution is -0.180. The predicted octanol–water partition coefficient (Wildman–Crippen LogP) is 2.84. The van der Waals surface area contributed by atoms with Crippen molar-refractivity contribution >= 4 is 0 Å². The van der Waals surface area contributed by atoms with Gasteiger partial charge in [0.05, 0.1) is 13.2 Å². The lowest BCUT2D eigenvalue weighted by Gasteiger charge is -2.39. The van der Waals surface area contributed by atoms with Crippen LogP contribution in [-0.2, 0) is 9.47 Å². The van der Waals surface area contributed by atoms with E-state index >= 15 is 0 Å². The van der Waals surface area contributed by atoms with Crippen LogP contribution in [0.25, 0.3) is 0 Å². The minimum atomic E-state index is -0.205. The summed E-state index contributed by atoms with van der Waals surface area (Å²) >= 11 is 0. The van der Waals surface area contributed by atoms with Crippen LogP contribution in [-0.4, -0.2) is 31.1 Å². The van der Waals surface area contributed by atoms with Crippen molar-refractivity contribution in [1.29, 1.82) is 0 Å². The molecule has 1 unspecified atom stereocenters. The molecule has 3 nitrogen and oxygen atoms in total. The minimum absolute atomic E-state index is 0.205. The lowest BCUT2D eigenvalue weighted by Crippen LogP contribution is -2.48. The summed E-state index contributed by atoms with van der Waals surface area (Å²) in [4.78, 5) is 0. The maximum absolute atomic E-state index is 5.79. The molecule has 1 saturated heterocycles. The summed E-state index contributed by atoms with van der Waals surface area (Å²) in [6.45, 7) is 6.39. The molecule has 3 rings (SSSR count). The van der Waals surface area contributed by atoms with Crippen molar-refractivity contribution in [3.8, 4) is 0 Å². The van der Waals surface area contributed by atoms with E-state index in [2.05, 4.69) is 19.2 Å². The van der Waals surface area contributed by atoms with Crippen LogP contribution in [0.1, 0.15) is 58.8 Å². The van der Waals surface area contributed by atoms with Crippen molar-refractivity contribution in [2.75, 3.05) is 13.2 Å². The molecule has 1 spiro atoms. The molecule has 18 heavy (non-hydrogen) atoms. The molecule has 1 atom stereocenters. The van der Waals surface area contributed by atoms with Crippen LogP contribution in [0.5, 0.6) is 0 Å².